The number of hydrogen-bond acceptors (Lipinski definition) is 2. The highest BCUT2D eigenvalue weighted by Gasteiger charge is 2.41. The van der Waals surface area contributed by atoms with Gasteiger partial charge in [0, 0.05) is 0 Å². The van der Waals surface area contributed by atoms with Crippen molar-refractivity contribution in [3.63, 3.8) is 0 Å². The summed E-state index contributed by atoms with van der Waals surface area (Å²) < 4.78 is 0. The molecule has 0 aromatic carbocycles. The Morgan fingerprint density at radius 1 is 1.38 bits per heavy atom. The van der Waals surface area contributed by atoms with Crippen molar-refractivity contribution in [2.24, 2.45) is 23.7 Å². The minimum absolute atomic E-state index is 0.168. The average molecular weight is 228 g/mol. The van der Waals surface area contributed by atoms with E-state index in [-0.39, 0.29) is 23.7 Å². The first-order valence-corrected chi connectivity index (χ1v) is 6.22. The molecular formula is C13H24O3. The van der Waals surface area contributed by atoms with Gasteiger partial charge in [0.2, 0.25) is 0 Å². The lowest BCUT2D eigenvalue weighted by atomic mass is 9.66. The van der Waals surface area contributed by atoms with Crippen LogP contribution in [0, 0.1) is 23.7 Å². The van der Waals surface area contributed by atoms with Crippen molar-refractivity contribution in [2.75, 3.05) is 0 Å². The summed E-state index contributed by atoms with van der Waals surface area (Å²) in [7, 11) is 0. The van der Waals surface area contributed by atoms with Crippen LogP contribution in [0.3, 0.4) is 0 Å². The third-order valence-electron chi connectivity index (χ3n) is 4.48. The highest BCUT2D eigenvalue weighted by Crippen LogP contribution is 2.41. The summed E-state index contributed by atoms with van der Waals surface area (Å²) >= 11 is 0. The van der Waals surface area contributed by atoms with E-state index in [1.807, 2.05) is 27.7 Å². The number of aliphatic hydroxyl groups is 1. The first-order chi connectivity index (χ1) is 7.26. The zero-order valence-electron chi connectivity index (χ0n) is 10.7. The molecule has 3 nitrogen and oxygen atoms in total. The minimum atomic E-state index is -0.685. The molecule has 0 amide bonds. The van der Waals surface area contributed by atoms with E-state index in [1.165, 1.54) is 0 Å². The summed E-state index contributed by atoms with van der Waals surface area (Å²) in [6, 6.07) is 0. The molecule has 1 saturated carbocycles. The van der Waals surface area contributed by atoms with Crippen molar-refractivity contribution < 1.29 is 15.0 Å². The van der Waals surface area contributed by atoms with E-state index in [2.05, 4.69) is 0 Å². The molecule has 0 aromatic heterocycles. The Kier molecular flexibility index (Phi) is 4.00. The molecule has 0 bridgehead atoms. The predicted octanol–water partition coefficient (Wildman–Crippen LogP) is 2.53. The Bertz CT molecular complexity index is 258. The number of carboxylic acids is 1. The lowest BCUT2D eigenvalue weighted by Gasteiger charge is -2.42. The topological polar surface area (TPSA) is 57.5 Å². The molecule has 0 heterocycles. The van der Waals surface area contributed by atoms with Gasteiger partial charge in [0.1, 0.15) is 0 Å². The van der Waals surface area contributed by atoms with Gasteiger partial charge in [0.05, 0.1) is 11.5 Å². The molecule has 1 fully saturated rings. The molecule has 0 spiro atoms. The Morgan fingerprint density at radius 2 is 1.94 bits per heavy atom. The van der Waals surface area contributed by atoms with Crippen LogP contribution in [0.2, 0.25) is 0 Å². The van der Waals surface area contributed by atoms with Crippen LogP contribution in [0.25, 0.3) is 0 Å². The van der Waals surface area contributed by atoms with Crippen LogP contribution in [0.1, 0.15) is 47.0 Å². The summed E-state index contributed by atoms with van der Waals surface area (Å²) in [6.07, 6.45) is 2.35. The monoisotopic (exact) mass is 228 g/mol. The molecule has 94 valence electrons. The normalized spacial score (nSPS) is 34.8. The molecule has 0 radical (unpaired) electrons. The summed E-state index contributed by atoms with van der Waals surface area (Å²) in [4.78, 5) is 11.0. The molecule has 1 aliphatic rings. The Morgan fingerprint density at radius 3 is 2.31 bits per heavy atom. The smallest absolute Gasteiger partial charge is 0.306 e. The molecule has 4 atom stereocenters. The van der Waals surface area contributed by atoms with Crippen molar-refractivity contribution in [3.05, 3.63) is 0 Å². The fourth-order valence-corrected chi connectivity index (χ4v) is 2.77. The Hall–Kier alpha value is -0.570. The second-order valence-electron chi connectivity index (χ2n) is 5.81. The first kappa shape index (κ1) is 13.5. The van der Waals surface area contributed by atoms with Crippen molar-refractivity contribution in [2.45, 2.75) is 52.6 Å². The third kappa shape index (κ3) is 2.57. The second-order valence-corrected chi connectivity index (χ2v) is 5.81. The first-order valence-electron chi connectivity index (χ1n) is 6.22. The predicted molar refractivity (Wildman–Crippen MR) is 63.1 cm³/mol. The maximum absolute atomic E-state index is 11.0. The molecule has 4 unspecified atom stereocenters. The van der Waals surface area contributed by atoms with E-state index in [4.69, 9.17) is 5.11 Å². The summed E-state index contributed by atoms with van der Waals surface area (Å²) in [5, 5.41) is 19.5. The molecule has 3 heteroatoms. The van der Waals surface area contributed by atoms with Gasteiger partial charge in [-0.1, -0.05) is 20.8 Å². The largest absolute Gasteiger partial charge is 0.481 e. The van der Waals surface area contributed by atoms with Crippen molar-refractivity contribution in [1.82, 2.24) is 0 Å². The fourth-order valence-electron chi connectivity index (χ4n) is 2.77. The molecule has 16 heavy (non-hydrogen) atoms. The van der Waals surface area contributed by atoms with Crippen LogP contribution in [0.15, 0.2) is 0 Å². The van der Waals surface area contributed by atoms with Crippen molar-refractivity contribution >= 4 is 5.97 Å². The SMILES string of the molecule is CC1CC(C(C)(O)C(C)C)CCC1C(=O)O. The van der Waals surface area contributed by atoms with Crippen LogP contribution < -0.4 is 0 Å². The number of carbonyl (C=O) groups is 1. The van der Waals surface area contributed by atoms with Gasteiger partial charge in [0.15, 0.2) is 0 Å². The lowest BCUT2D eigenvalue weighted by Crippen LogP contribution is -2.44. The van der Waals surface area contributed by atoms with E-state index in [0.29, 0.717) is 6.42 Å². The van der Waals surface area contributed by atoms with Crippen molar-refractivity contribution in [3.8, 4) is 0 Å². The van der Waals surface area contributed by atoms with Crippen LogP contribution in [0.4, 0.5) is 0 Å². The standard InChI is InChI=1S/C13H24O3/c1-8(2)13(4,16)10-5-6-11(12(14)15)9(3)7-10/h8-11,16H,5-7H2,1-4H3,(H,14,15). The van der Waals surface area contributed by atoms with Gasteiger partial charge < -0.3 is 10.2 Å². The second kappa shape index (κ2) is 4.74. The fraction of sp³-hybridized carbons (Fsp3) is 0.923. The Labute approximate surface area is 97.9 Å². The minimum Gasteiger partial charge on any atom is -0.481 e. The van der Waals surface area contributed by atoms with Gasteiger partial charge in [-0.15, -0.1) is 0 Å². The van der Waals surface area contributed by atoms with Gasteiger partial charge >= 0.3 is 5.97 Å². The number of hydrogen-bond donors (Lipinski definition) is 2. The van der Waals surface area contributed by atoms with E-state index in [9.17, 15) is 9.90 Å². The van der Waals surface area contributed by atoms with Gasteiger partial charge in [-0.2, -0.15) is 0 Å². The quantitative estimate of drug-likeness (QED) is 0.780. The third-order valence-corrected chi connectivity index (χ3v) is 4.48. The van der Waals surface area contributed by atoms with Gasteiger partial charge in [-0.25, -0.2) is 0 Å². The molecule has 2 N–H and O–H groups in total. The summed E-state index contributed by atoms with van der Waals surface area (Å²) in [5.41, 5.74) is -0.669. The lowest BCUT2D eigenvalue weighted by molar-refractivity contribution is -0.147. The molecule has 0 saturated heterocycles. The maximum atomic E-state index is 11.0. The van der Waals surface area contributed by atoms with Gasteiger partial charge in [-0.05, 0) is 43.9 Å². The van der Waals surface area contributed by atoms with E-state index in [0.717, 1.165) is 12.8 Å². The maximum Gasteiger partial charge on any atom is 0.306 e. The van der Waals surface area contributed by atoms with Crippen molar-refractivity contribution in [1.29, 1.82) is 0 Å². The average Bonchev–Trinajstić information content (AvgIpc) is 2.16. The van der Waals surface area contributed by atoms with Gasteiger partial charge in [-0.3, -0.25) is 4.79 Å². The summed E-state index contributed by atoms with van der Waals surface area (Å²) in [6.45, 7) is 7.92. The molecule has 0 aliphatic heterocycles. The molecular weight excluding hydrogens is 204 g/mol. The van der Waals surface area contributed by atoms with Gasteiger partial charge in [0.25, 0.3) is 0 Å². The molecule has 0 aromatic rings. The highest BCUT2D eigenvalue weighted by molar-refractivity contribution is 5.70. The van der Waals surface area contributed by atoms with E-state index >= 15 is 0 Å². The van der Waals surface area contributed by atoms with E-state index < -0.39 is 11.6 Å². The highest BCUT2D eigenvalue weighted by atomic mass is 16.4. The van der Waals surface area contributed by atoms with Crippen LogP contribution in [-0.2, 0) is 4.79 Å². The molecule has 1 rings (SSSR count). The number of carboxylic acid groups (broad SMARTS) is 1. The summed E-state index contributed by atoms with van der Waals surface area (Å²) in [5.74, 6) is -0.292. The zero-order chi connectivity index (χ0) is 12.5. The number of rotatable bonds is 3. The van der Waals surface area contributed by atoms with Crippen LogP contribution in [0.5, 0.6) is 0 Å². The van der Waals surface area contributed by atoms with Crippen LogP contribution in [-0.4, -0.2) is 21.8 Å². The van der Waals surface area contributed by atoms with Crippen LogP contribution >= 0.6 is 0 Å². The zero-order valence-corrected chi connectivity index (χ0v) is 10.7. The molecule has 1 aliphatic carbocycles. The van der Waals surface area contributed by atoms with E-state index in [1.54, 1.807) is 0 Å². The number of aliphatic carboxylic acids is 1. The Balaban J connectivity index is 2.68.